The second-order valence-corrected chi connectivity index (χ2v) is 10.4. The lowest BCUT2D eigenvalue weighted by atomic mass is 10.2. The first kappa shape index (κ1) is 27.3. The molecular weight excluding hydrogens is 536 g/mol. The molecule has 1 atom stereocenters. The molecular formula is C24H34BrClN6O3. The summed E-state index contributed by atoms with van der Waals surface area (Å²) in [6.07, 6.45) is 3.91. The van der Waals surface area contributed by atoms with E-state index in [2.05, 4.69) is 53.6 Å². The maximum atomic E-state index is 12.3. The molecule has 1 unspecified atom stereocenters. The normalized spacial score (nSPS) is 18.1. The Balaban J connectivity index is 0.00000342. The average Bonchev–Trinajstić information content (AvgIpc) is 3.33. The highest BCUT2D eigenvalue weighted by Crippen LogP contribution is 2.25. The van der Waals surface area contributed by atoms with Crippen molar-refractivity contribution in [1.82, 2.24) is 14.9 Å². The SMILES string of the molecule is CC(C)(C)OC(=O)N1CCN(c2ccc(Nc3ncc(Br)c(NCC4CCCO4)n3)cc2)CC1.Cl. The van der Waals surface area contributed by atoms with Crippen LogP contribution in [0, 0.1) is 0 Å². The smallest absolute Gasteiger partial charge is 0.410 e. The molecule has 3 heterocycles. The van der Waals surface area contributed by atoms with E-state index in [0.717, 1.165) is 60.7 Å². The van der Waals surface area contributed by atoms with Crippen LogP contribution >= 0.6 is 28.3 Å². The van der Waals surface area contributed by atoms with Crippen LogP contribution in [0.5, 0.6) is 0 Å². The number of amides is 1. The average molecular weight is 570 g/mol. The first-order valence-electron chi connectivity index (χ1n) is 11.7. The van der Waals surface area contributed by atoms with E-state index >= 15 is 0 Å². The Hall–Kier alpha value is -2.30. The van der Waals surface area contributed by atoms with E-state index in [1.807, 2.05) is 32.9 Å². The van der Waals surface area contributed by atoms with Crippen molar-refractivity contribution in [3.8, 4) is 0 Å². The topological polar surface area (TPSA) is 91.9 Å². The van der Waals surface area contributed by atoms with Gasteiger partial charge in [0.15, 0.2) is 0 Å². The number of piperazine rings is 1. The first-order valence-corrected chi connectivity index (χ1v) is 12.5. The van der Waals surface area contributed by atoms with E-state index in [1.165, 1.54) is 0 Å². The Bertz CT molecular complexity index is 974. The van der Waals surface area contributed by atoms with Gasteiger partial charge in [-0.1, -0.05) is 0 Å². The molecule has 9 nitrogen and oxygen atoms in total. The van der Waals surface area contributed by atoms with Crippen molar-refractivity contribution in [2.24, 2.45) is 0 Å². The number of hydrogen-bond acceptors (Lipinski definition) is 8. The van der Waals surface area contributed by atoms with Gasteiger partial charge >= 0.3 is 6.09 Å². The predicted molar refractivity (Wildman–Crippen MR) is 144 cm³/mol. The fraction of sp³-hybridized carbons (Fsp3) is 0.542. The predicted octanol–water partition coefficient (Wildman–Crippen LogP) is 5.05. The molecule has 2 N–H and O–H groups in total. The summed E-state index contributed by atoms with van der Waals surface area (Å²) in [4.78, 5) is 25.3. The van der Waals surface area contributed by atoms with Gasteiger partial charge in [-0.25, -0.2) is 9.78 Å². The summed E-state index contributed by atoms with van der Waals surface area (Å²) >= 11 is 3.51. The number of rotatable bonds is 6. The molecule has 0 bridgehead atoms. The lowest BCUT2D eigenvalue weighted by Crippen LogP contribution is -2.50. The Morgan fingerprint density at radius 3 is 2.54 bits per heavy atom. The molecule has 1 aromatic carbocycles. The minimum atomic E-state index is -0.475. The third-order valence-electron chi connectivity index (χ3n) is 5.69. The molecule has 1 amide bonds. The standard InChI is InChI=1S/C24H33BrN6O3.ClH/c1-24(2,3)34-23(32)31-12-10-30(11-13-31)18-8-6-17(7-9-18)28-22-27-16-20(25)21(29-22)26-15-19-5-4-14-33-19;/h6-9,16,19H,4-5,10-15H2,1-3H3,(H2,26,27,28,29);1H. The highest BCUT2D eigenvalue weighted by Gasteiger charge is 2.26. The molecule has 4 rings (SSSR count). The molecule has 35 heavy (non-hydrogen) atoms. The zero-order chi connectivity index (χ0) is 24.1. The van der Waals surface area contributed by atoms with Gasteiger partial charge in [-0.2, -0.15) is 4.98 Å². The second-order valence-electron chi connectivity index (χ2n) is 9.53. The van der Waals surface area contributed by atoms with Gasteiger partial charge < -0.3 is 29.9 Å². The van der Waals surface area contributed by atoms with Gasteiger partial charge in [0, 0.05) is 56.9 Å². The molecule has 1 aromatic heterocycles. The maximum Gasteiger partial charge on any atom is 0.410 e. The molecule has 0 radical (unpaired) electrons. The van der Waals surface area contributed by atoms with Gasteiger partial charge in [-0.15, -0.1) is 12.4 Å². The molecule has 2 fully saturated rings. The van der Waals surface area contributed by atoms with Gasteiger partial charge in [-0.3, -0.25) is 0 Å². The number of hydrogen-bond donors (Lipinski definition) is 2. The molecule has 2 aromatic rings. The van der Waals surface area contributed by atoms with Crippen LogP contribution in [0.2, 0.25) is 0 Å². The van der Waals surface area contributed by atoms with Gasteiger partial charge in [0.25, 0.3) is 0 Å². The summed E-state index contributed by atoms with van der Waals surface area (Å²) in [5.41, 5.74) is 1.55. The Morgan fingerprint density at radius 1 is 1.20 bits per heavy atom. The Labute approximate surface area is 221 Å². The molecule has 192 valence electrons. The second kappa shape index (κ2) is 12.1. The molecule has 2 aliphatic heterocycles. The largest absolute Gasteiger partial charge is 0.444 e. The van der Waals surface area contributed by atoms with Crippen molar-refractivity contribution in [3.63, 3.8) is 0 Å². The molecule has 0 spiro atoms. The number of nitrogens with zero attached hydrogens (tertiary/aromatic N) is 4. The number of aromatic nitrogens is 2. The van der Waals surface area contributed by atoms with E-state index in [1.54, 1.807) is 11.1 Å². The van der Waals surface area contributed by atoms with Crippen LogP contribution in [-0.2, 0) is 9.47 Å². The Morgan fingerprint density at radius 2 is 1.91 bits per heavy atom. The van der Waals surface area contributed by atoms with Crippen LogP contribution in [0.3, 0.4) is 0 Å². The molecule has 0 aliphatic carbocycles. The van der Waals surface area contributed by atoms with Crippen molar-refractivity contribution in [2.75, 3.05) is 54.9 Å². The van der Waals surface area contributed by atoms with Gasteiger partial charge in [0.1, 0.15) is 11.4 Å². The first-order chi connectivity index (χ1) is 16.3. The minimum absolute atomic E-state index is 0. The lowest BCUT2D eigenvalue weighted by Gasteiger charge is -2.36. The van der Waals surface area contributed by atoms with Gasteiger partial charge in [0.2, 0.25) is 5.95 Å². The van der Waals surface area contributed by atoms with Crippen molar-refractivity contribution in [2.45, 2.75) is 45.3 Å². The van der Waals surface area contributed by atoms with Crippen LogP contribution in [0.1, 0.15) is 33.6 Å². The number of carbonyl (C=O) groups excluding carboxylic acids is 1. The zero-order valence-electron chi connectivity index (χ0n) is 20.4. The fourth-order valence-corrected chi connectivity index (χ4v) is 4.26. The Kier molecular flexibility index (Phi) is 9.43. The van der Waals surface area contributed by atoms with Crippen molar-refractivity contribution in [1.29, 1.82) is 0 Å². The molecule has 2 saturated heterocycles. The van der Waals surface area contributed by atoms with E-state index in [0.29, 0.717) is 19.0 Å². The van der Waals surface area contributed by atoms with Crippen molar-refractivity contribution in [3.05, 3.63) is 34.9 Å². The molecule has 11 heteroatoms. The summed E-state index contributed by atoms with van der Waals surface area (Å²) in [5, 5.41) is 6.62. The highest BCUT2D eigenvalue weighted by atomic mass is 79.9. The third kappa shape index (κ3) is 7.85. The minimum Gasteiger partial charge on any atom is -0.444 e. The third-order valence-corrected chi connectivity index (χ3v) is 6.27. The summed E-state index contributed by atoms with van der Waals surface area (Å²) in [6, 6.07) is 8.17. The number of ether oxygens (including phenoxy) is 2. The van der Waals surface area contributed by atoms with Crippen molar-refractivity contribution < 1.29 is 14.3 Å². The quantitative estimate of drug-likeness (QED) is 0.499. The number of halogens is 2. The van der Waals surface area contributed by atoms with Crippen LogP contribution in [0.4, 0.5) is 27.9 Å². The van der Waals surface area contributed by atoms with Gasteiger partial charge in [-0.05, 0) is 73.8 Å². The monoisotopic (exact) mass is 568 g/mol. The number of nitrogens with one attached hydrogen (secondary N) is 2. The molecule has 2 aliphatic rings. The maximum absolute atomic E-state index is 12.3. The fourth-order valence-electron chi connectivity index (χ4n) is 3.93. The van der Waals surface area contributed by atoms with E-state index in [-0.39, 0.29) is 24.6 Å². The van der Waals surface area contributed by atoms with E-state index in [9.17, 15) is 4.79 Å². The summed E-state index contributed by atoms with van der Waals surface area (Å²) < 4.78 is 12.0. The zero-order valence-corrected chi connectivity index (χ0v) is 22.8. The van der Waals surface area contributed by atoms with Gasteiger partial charge in [0.05, 0.1) is 10.6 Å². The van der Waals surface area contributed by atoms with Crippen LogP contribution in [-0.4, -0.2) is 72.0 Å². The molecule has 0 saturated carbocycles. The number of benzene rings is 1. The summed E-state index contributed by atoms with van der Waals surface area (Å²) in [7, 11) is 0. The van der Waals surface area contributed by atoms with E-state index < -0.39 is 5.60 Å². The van der Waals surface area contributed by atoms with Crippen molar-refractivity contribution >= 4 is 57.6 Å². The highest BCUT2D eigenvalue weighted by molar-refractivity contribution is 9.10. The lowest BCUT2D eigenvalue weighted by molar-refractivity contribution is 0.0240. The summed E-state index contributed by atoms with van der Waals surface area (Å²) in [6.45, 7) is 10.0. The summed E-state index contributed by atoms with van der Waals surface area (Å²) in [5.74, 6) is 1.27. The van der Waals surface area contributed by atoms with Crippen LogP contribution in [0.25, 0.3) is 0 Å². The number of anilines is 4. The number of carbonyl (C=O) groups is 1. The van der Waals surface area contributed by atoms with Crippen LogP contribution in [0.15, 0.2) is 34.9 Å². The van der Waals surface area contributed by atoms with E-state index in [4.69, 9.17) is 9.47 Å². The van der Waals surface area contributed by atoms with Crippen LogP contribution < -0.4 is 15.5 Å².